The lowest BCUT2D eigenvalue weighted by molar-refractivity contribution is -0.385. The molecule has 0 saturated carbocycles. The van der Waals surface area contributed by atoms with Gasteiger partial charge in [-0.05, 0) is 19.1 Å². The van der Waals surface area contributed by atoms with Gasteiger partial charge in [-0.25, -0.2) is 0 Å². The Balaban J connectivity index is 2.34. The first-order chi connectivity index (χ1) is 9.54. The highest BCUT2D eigenvalue weighted by Crippen LogP contribution is 2.37. The van der Waals surface area contributed by atoms with Crippen LogP contribution in [0.4, 0.5) is 11.4 Å². The van der Waals surface area contributed by atoms with Gasteiger partial charge in [0, 0.05) is 19.1 Å². The number of benzene rings is 1. The van der Waals surface area contributed by atoms with Crippen molar-refractivity contribution in [1.82, 2.24) is 0 Å². The van der Waals surface area contributed by atoms with E-state index in [4.69, 9.17) is 15.2 Å². The summed E-state index contributed by atoms with van der Waals surface area (Å²) in [7, 11) is 1.43. The zero-order valence-electron chi connectivity index (χ0n) is 11.6. The maximum Gasteiger partial charge on any atom is 0.333 e. The van der Waals surface area contributed by atoms with Crippen molar-refractivity contribution in [2.24, 2.45) is 5.73 Å². The fourth-order valence-corrected chi connectivity index (χ4v) is 2.33. The number of rotatable bonds is 4. The van der Waals surface area contributed by atoms with Crippen LogP contribution >= 0.6 is 0 Å². The summed E-state index contributed by atoms with van der Waals surface area (Å²) in [6.45, 7) is 3.50. The van der Waals surface area contributed by atoms with Crippen molar-refractivity contribution in [2.75, 3.05) is 31.7 Å². The normalized spacial score (nSPS) is 20.6. The number of para-hydroxylation sites is 1. The molecule has 0 aliphatic carbocycles. The minimum absolute atomic E-state index is 0.0136. The van der Waals surface area contributed by atoms with Crippen LogP contribution in [0.15, 0.2) is 18.2 Å². The molecule has 0 bridgehead atoms. The van der Waals surface area contributed by atoms with Gasteiger partial charge in [0.15, 0.2) is 5.75 Å². The van der Waals surface area contributed by atoms with Crippen LogP contribution in [0.1, 0.15) is 6.92 Å². The van der Waals surface area contributed by atoms with Crippen molar-refractivity contribution in [3.8, 4) is 5.75 Å². The SMILES string of the molecule is COc1cccc(N2CCOC(C(C)N)C2)c1[N+](=O)[O-]. The van der Waals surface area contributed by atoms with E-state index in [0.717, 1.165) is 0 Å². The maximum atomic E-state index is 11.3. The van der Waals surface area contributed by atoms with E-state index in [1.54, 1.807) is 18.2 Å². The van der Waals surface area contributed by atoms with E-state index in [0.29, 0.717) is 25.4 Å². The Morgan fingerprint density at radius 1 is 1.60 bits per heavy atom. The largest absolute Gasteiger partial charge is 0.490 e. The van der Waals surface area contributed by atoms with E-state index in [9.17, 15) is 10.1 Å². The van der Waals surface area contributed by atoms with Crippen molar-refractivity contribution < 1.29 is 14.4 Å². The molecule has 1 aliphatic rings. The number of anilines is 1. The molecule has 110 valence electrons. The van der Waals surface area contributed by atoms with Crippen LogP contribution < -0.4 is 15.4 Å². The lowest BCUT2D eigenvalue weighted by Gasteiger charge is -2.35. The van der Waals surface area contributed by atoms with Gasteiger partial charge in [0.25, 0.3) is 0 Å². The molecular formula is C13H19N3O4. The Kier molecular flexibility index (Phi) is 4.41. The Hall–Kier alpha value is -1.86. The van der Waals surface area contributed by atoms with E-state index in [2.05, 4.69) is 0 Å². The average molecular weight is 281 g/mol. The molecule has 0 amide bonds. The zero-order valence-corrected chi connectivity index (χ0v) is 11.6. The van der Waals surface area contributed by atoms with Gasteiger partial charge in [-0.1, -0.05) is 6.07 Å². The summed E-state index contributed by atoms with van der Waals surface area (Å²) in [6, 6.07) is 4.94. The molecule has 2 atom stereocenters. The summed E-state index contributed by atoms with van der Waals surface area (Å²) in [5.41, 5.74) is 6.38. The molecule has 1 aromatic rings. The molecule has 1 aliphatic heterocycles. The van der Waals surface area contributed by atoms with Crippen LogP contribution in [0.2, 0.25) is 0 Å². The average Bonchev–Trinajstić information content (AvgIpc) is 2.46. The number of methoxy groups -OCH3 is 1. The van der Waals surface area contributed by atoms with Crippen LogP contribution in [0, 0.1) is 10.1 Å². The highest BCUT2D eigenvalue weighted by atomic mass is 16.6. The molecule has 1 heterocycles. The summed E-state index contributed by atoms with van der Waals surface area (Å²) in [5, 5.41) is 11.3. The summed E-state index contributed by atoms with van der Waals surface area (Å²) in [4.78, 5) is 12.8. The second-order valence-electron chi connectivity index (χ2n) is 4.80. The van der Waals surface area contributed by atoms with E-state index in [1.807, 2.05) is 11.8 Å². The van der Waals surface area contributed by atoms with Crippen LogP contribution in [-0.4, -0.2) is 43.9 Å². The minimum atomic E-state index is -0.412. The summed E-state index contributed by atoms with van der Waals surface area (Å²) >= 11 is 0. The maximum absolute atomic E-state index is 11.3. The lowest BCUT2D eigenvalue weighted by Crippen LogP contribution is -2.49. The van der Waals surface area contributed by atoms with E-state index in [1.165, 1.54) is 7.11 Å². The van der Waals surface area contributed by atoms with Crippen LogP contribution in [-0.2, 0) is 4.74 Å². The first-order valence-corrected chi connectivity index (χ1v) is 6.48. The standard InChI is InChI=1S/C13H19N3O4/c1-9(14)12-8-15(6-7-20-12)10-4-3-5-11(19-2)13(10)16(17)18/h3-5,9,12H,6-8,14H2,1-2H3. The number of hydrogen-bond acceptors (Lipinski definition) is 6. The molecule has 7 heteroatoms. The molecule has 20 heavy (non-hydrogen) atoms. The number of nitro benzene ring substituents is 1. The van der Waals surface area contributed by atoms with E-state index < -0.39 is 4.92 Å². The molecule has 1 fully saturated rings. The van der Waals surface area contributed by atoms with Crippen LogP contribution in [0.25, 0.3) is 0 Å². The Morgan fingerprint density at radius 2 is 2.35 bits per heavy atom. The van der Waals surface area contributed by atoms with Gasteiger partial charge in [-0.3, -0.25) is 10.1 Å². The third-order valence-electron chi connectivity index (χ3n) is 3.40. The minimum Gasteiger partial charge on any atom is -0.490 e. The molecule has 7 nitrogen and oxygen atoms in total. The highest BCUT2D eigenvalue weighted by molar-refractivity contribution is 5.70. The third kappa shape index (κ3) is 2.83. The van der Waals surface area contributed by atoms with Crippen molar-refractivity contribution in [3.05, 3.63) is 28.3 Å². The Morgan fingerprint density at radius 3 is 2.95 bits per heavy atom. The molecule has 0 radical (unpaired) electrons. The molecule has 0 aromatic heterocycles. The molecular weight excluding hydrogens is 262 g/mol. The molecule has 2 N–H and O–H groups in total. The monoisotopic (exact) mass is 281 g/mol. The number of hydrogen-bond donors (Lipinski definition) is 1. The lowest BCUT2D eigenvalue weighted by atomic mass is 10.1. The summed E-state index contributed by atoms with van der Waals surface area (Å²) in [5.74, 6) is 0.260. The number of nitro groups is 1. The van der Waals surface area contributed by atoms with Crippen LogP contribution in [0.3, 0.4) is 0 Å². The molecule has 2 unspecified atom stereocenters. The van der Waals surface area contributed by atoms with Crippen molar-refractivity contribution >= 4 is 11.4 Å². The number of morpholine rings is 1. The molecule has 1 saturated heterocycles. The van der Waals surface area contributed by atoms with Gasteiger partial charge in [0.2, 0.25) is 0 Å². The molecule has 2 rings (SSSR count). The highest BCUT2D eigenvalue weighted by Gasteiger charge is 2.29. The predicted octanol–water partition coefficient (Wildman–Crippen LogP) is 1.16. The fourth-order valence-electron chi connectivity index (χ4n) is 2.33. The van der Waals surface area contributed by atoms with Gasteiger partial charge in [-0.15, -0.1) is 0 Å². The number of ether oxygens (including phenoxy) is 2. The van der Waals surface area contributed by atoms with Crippen molar-refractivity contribution in [3.63, 3.8) is 0 Å². The van der Waals surface area contributed by atoms with Gasteiger partial charge in [0.05, 0.1) is 24.7 Å². The van der Waals surface area contributed by atoms with Gasteiger partial charge >= 0.3 is 5.69 Å². The van der Waals surface area contributed by atoms with E-state index in [-0.39, 0.29) is 23.6 Å². The van der Waals surface area contributed by atoms with Gasteiger partial charge < -0.3 is 20.1 Å². The first kappa shape index (κ1) is 14.5. The smallest absolute Gasteiger partial charge is 0.333 e. The zero-order chi connectivity index (χ0) is 14.7. The van der Waals surface area contributed by atoms with Crippen molar-refractivity contribution in [1.29, 1.82) is 0 Å². The first-order valence-electron chi connectivity index (χ1n) is 6.48. The molecule has 0 spiro atoms. The van der Waals surface area contributed by atoms with Gasteiger partial charge in [0.1, 0.15) is 5.69 Å². The second kappa shape index (κ2) is 6.06. The Labute approximate surface area is 117 Å². The summed E-state index contributed by atoms with van der Waals surface area (Å²) < 4.78 is 10.7. The second-order valence-corrected chi connectivity index (χ2v) is 4.80. The van der Waals surface area contributed by atoms with Crippen molar-refractivity contribution in [2.45, 2.75) is 19.1 Å². The number of nitrogens with two attached hydrogens (primary N) is 1. The topological polar surface area (TPSA) is 90.9 Å². The third-order valence-corrected chi connectivity index (χ3v) is 3.40. The summed E-state index contributed by atoms with van der Waals surface area (Å²) in [6.07, 6.45) is -0.130. The Bertz CT molecular complexity index is 493. The van der Waals surface area contributed by atoms with Gasteiger partial charge in [-0.2, -0.15) is 0 Å². The molecule has 1 aromatic carbocycles. The quantitative estimate of drug-likeness (QED) is 0.657. The predicted molar refractivity (Wildman–Crippen MR) is 75.3 cm³/mol. The number of nitrogens with zero attached hydrogens (tertiary/aromatic N) is 2. The van der Waals surface area contributed by atoms with Crippen LogP contribution in [0.5, 0.6) is 5.75 Å². The fraction of sp³-hybridized carbons (Fsp3) is 0.538. The van der Waals surface area contributed by atoms with E-state index >= 15 is 0 Å².